The van der Waals surface area contributed by atoms with Gasteiger partial charge in [-0.15, -0.1) is 0 Å². The number of amides is 1. The van der Waals surface area contributed by atoms with E-state index in [1.165, 1.54) is 12.5 Å². The van der Waals surface area contributed by atoms with E-state index in [0.29, 0.717) is 11.7 Å². The number of aromatic nitrogens is 1. The first-order valence-electron chi connectivity index (χ1n) is 4.69. The topological polar surface area (TPSA) is 55.1 Å². The SMILES string of the molecule is C=CC(=O)Nc1cc(C2CCC2)on1. The van der Waals surface area contributed by atoms with Crippen molar-refractivity contribution < 1.29 is 9.32 Å². The summed E-state index contributed by atoms with van der Waals surface area (Å²) in [5.74, 6) is 1.57. The second-order valence-electron chi connectivity index (χ2n) is 3.44. The van der Waals surface area contributed by atoms with Crippen LogP contribution in [0.5, 0.6) is 0 Å². The molecule has 1 aliphatic rings. The van der Waals surface area contributed by atoms with Crippen molar-refractivity contribution in [3.05, 3.63) is 24.5 Å². The summed E-state index contributed by atoms with van der Waals surface area (Å²) in [5, 5.41) is 6.31. The smallest absolute Gasteiger partial charge is 0.249 e. The minimum atomic E-state index is -0.265. The molecule has 74 valence electrons. The fourth-order valence-corrected chi connectivity index (χ4v) is 1.41. The van der Waals surface area contributed by atoms with Crippen molar-refractivity contribution in [1.82, 2.24) is 5.16 Å². The Morgan fingerprint density at radius 2 is 2.50 bits per heavy atom. The number of hydrogen-bond acceptors (Lipinski definition) is 3. The third-order valence-corrected chi connectivity index (χ3v) is 2.47. The predicted molar refractivity (Wildman–Crippen MR) is 51.9 cm³/mol. The molecule has 1 aromatic rings. The van der Waals surface area contributed by atoms with E-state index in [2.05, 4.69) is 17.1 Å². The zero-order valence-corrected chi connectivity index (χ0v) is 7.82. The Labute approximate surface area is 82.0 Å². The summed E-state index contributed by atoms with van der Waals surface area (Å²) in [6.07, 6.45) is 4.77. The third-order valence-electron chi connectivity index (χ3n) is 2.47. The molecule has 0 saturated heterocycles. The standard InChI is InChI=1S/C10H12N2O2/c1-2-10(13)11-9-6-8(14-12-9)7-4-3-5-7/h2,6-7H,1,3-5H2,(H,11,12,13). The molecule has 1 saturated carbocycles. The normalized spacial score (nSPS) is 16.0. The molecule has 4 heteroatoms. The zero-order valence-electron chi connectivity index (χ0n) is 7.82. The Morgan fingerprint density at radius 1 is 1.71 bits per heavy atom. The summed E-state index contributed by atoms with van der Waals surface area (Å²) in [6.45, 7) is 3.36. The molecule has 2 rings (SSSR count). The molecule has 1 N–H and O–H groups in total. The maximum atomic E-state index is 10.9. The van der Waals surface area contributed by atoms with Crippen LogP contribution < -0.4 is 5.32 Å². The average molecular weight is 192 g/mol. The van der Waals surface area contributed by atoms with E-state index < -0.39 is 0 Å². The van der Waals surface area contributed by atoms with Crippen LogP contribution >= 0.6 is 0 Å². The van der Waals surface area contributed by atoms with E-state index in [4.69, 9.17) is 4.52 Å². The van der Waals surface area contributed by atoms with Crippen LogP contribution in [0.3, 0.4) is 0 Å². The van der Waals surface area contributed by atoms with Gasteiger partial charge in [0, 0.05) is 12.0 Å². The van der Waals surface area contributed by atoms with Crippen LogP contribution in [-0.2, 0) is 4.79 Å². The lowest BCUT2D eigenvalue weighted by Crippen LogP contribution is -2.08. The summed E-state index contributed by atoms with van der Waals surface area (Å²) < 4.78 is 5.11. The van der Waals surface area contributed by atoms with Gasteiger partial charge in [-0.05, 0) is 18.9 Å². The zero-order chi connectivity index (χ0) is 9.97. The van der Waals surface area contributed by atoms with Crippen LogP contribution in [0.2, 0.25) is 0 Å². The summed E-state index contributed by atoms with van der Waals surface area (Å²) in [6, 6.07) is 1.78. The molecule has 4 nitrogen and oxygen atoms in total. The lowest BCUT2D eigenvalue weighted by atomic mass is 9.84. The highest BCUT2D eigenvalue weighted by Crippen LogP contribution is 2.36. The number of carbonyl (C=O) groups excluding carboxylic acids is 1. The van der Waals surface area contributed by atoms with Crippen molar-refractivity contribution in [3.63, 3.8) is 0 Å². The van der Waals surface area contributed by atoms with Crippen molar-refractivity contribution in [2.24, 2.45) is 0 Å². The third kappa shape index (κ3) is 1.69. The lowest BCUT2D eigenvalue weighted by molar-refractivity contribution is -0.111. The summed E-state index contributed by atoms with van der Waals surface area (Å²) in [4.78, 5) is 10.9. The van der Waals surface area contributed by atoms with Gasteiger partial charge in [-0.3, -0.25) is 4.79 Å². The van der Waals surface area contributed by atoms with Crippen molar-refractivity contribution >= 4 is 11.7 Å². The lowest BCUT2D eigenvalue weighted by Gasteiger charge is -2.21. The Balaban J connectivity index is 2.01. The minimum Gasteiger partial charge on any atom is -0.359 e. The van der Waals surface area contributed by atoms with Gasteiger partial charge in [0.25, 0.3) is 0 Å². The highest BCUT2D eigenvalue weighted by molar-refractivity contribution is 5.98. The van der Waals surface area contributed by atoms with Gasteiger partial charge in [-0.1, -0.05) is 18.2 Å². The van der Waals surface area contributed by atoms with Crippen LogP contribution in [-0.4, -0.2) is 11.1 Å². The molecule has 0 bridgehead atoms. The molecule has 0 aromatic carbocycles. The van der Waals surface area contributed by atoms with Gasteiger partial charge in [0.2, 0.25) is 5.91 Å². The number of carbonyl (C=O) groups is 1. The Bertz CT molecular complexity index is 353. The number of hydrogen-bond donors (Lipinski definition) is 1. The molecule has 0 atom stereocenters. The van der Waals surface area contributed by atoms with E-state index in [1.807, 2.05) is 0 Å². The van der Waals surface area contributed by atoms with Crippen LogP contribution in [0.15, 0.2) is 23.2 Å². The van der Waals surface area contributed by atoms with Gasteiger partial charge in [0.1, 0.15) is 5.76 Å². The van der Waals surface area contributed by atoms with E-state index >= 15 is 0 Å². The molecule has 0 spiro atoms. The molecule has 1 heterocycles. The monoisotopic (exact) mass is 192 g/mol. The van der Waals surface area contributed by atoms with Gasteiger partial charge in [-0.2, -0.15) is 0 Å². The van der Waals surface area contributed by atoms with Gasteiger partial charge in [0.05, 0.1) is 0 Å². The van der Waals surface area contributed by atoms with E-state index in [9.17, 15) is 4.79 Å². The van der Waals surface area contributed by atoms with Crippen LogP contribution in [0.4, 0.5) is 5.82 Å². The number of nitrogens with one attached hydrogen (secondary N) is 1. The van der Waals surface area contributed by atoms with Gasteiger partial charge in [-0.25, -0.2) is 0 Å². The molecule has 1 fully saturated rings. The first-order chi connectivity index (χ1) is 6.79. The van der Waals surface area contributed by atoms with Gasteiger partial charge < -0.3 is 9.84 Å². The van der Waals surface area contributed by atoms with E-state index in [0.717, 1.165) is 18.6 Å². The van der Waals surface area contributed by atoms with Gasteiger partial charge in [0.15, 0.2) is 5.82 Å². The minimum absolute atomic E-state index is 0.265. The second-order valence-corrected chi connectivity index (χ2v) is 3.44. The predicted octanol–water partition coefficient (Wildman–Crippen LogP) is 2.07. The molecule has 0 unspecified atom stereocenters. The molecular weight excluding hydrogens is 180 g/mol. The molecule has 0 aliphatic heterocycles. The van der Waals surface area contributed by atoms with Crippen molar-refractivity contribution in [2.45, 2.75) is 25.2 Å². The molecule has 1 aliphatic carbocycles. The van der Waals surface area contributed by atoms with Crippen molar-refractivity contribution in [2.75, 3.05) is 5.32 Å². The maximum Gasteiger partial charge on any atom is 0.249 e. The largest absolute Gasteiger partial charge is 0.359 e. The number of anilines is 1. The highest BCUT2D eigenvalue weighted by Gasteiger charge is 2.23. The highest BCUT2D eigenvalue weighted by atomic mass is 16.5. The fourth-order valence-electron chi connectivity index (χ4n) is 1.41. The Kier molecular flexibility index (Phi) is 2.35. The molecule has 1 aromatic heterocycles. The molecule has 14 heavy (non-hydrogen) atoms. The maximum absolute atomic E-state index is 10.9. The molecular formula is C10H12N2O2. The summed E-state index contributed by atoms with van der Waals surface area (Å²) >= 11 is 0. The molecule has 0 radical (unpaired) electrons. The first kappa shape index (κ1) is 8.99. The van der Waals surface area contributed by atoms with Crippen LogP contribution in [0, 0.1) is 0 Å². The fraction of sp³-hybridized carbons (Fsp3) is 0.400. The molecule has 1 amide bonds. The van der Waals surface area contributed by atoms with Crippen molar-refractivity contribution in [1.29, 1.82) is 0 Å². The van der Waals surface area contributed by atoms with Crippen LogP contribution in [0.1, 0.15) is 30.9 Å². The second kappa shape index (κ2) is 3.65. The van der Waals surface area contributed by atoms with Crippen LogP contribution in [0.25, 0.3) is 0 Å². The van der Waals surface area contributed by atoms with Crippen molar-refractivity contribution in [3.8, 4) is 0 Å². The number of rotatable bonds is 3. The Morgan fingerprint density at radius 3 is 3.07 bits per heavy atom. The number of nitrogens with zero attached hydrogens (tertiary/aromatic N) is 1. The Hall–Kier alpha value is -1.58. The summed E-state index contributed by atoms with van der Waals surface area (Å²) in [5.41, 5.74) is 0. The quantitative estimate of drug-likeness (QED) is 0.746. The van der Waals surface area contributed by atoms with E-state index in [-0.39, 0.29) is 5.91 Å². The summed E-state index contributed by atoms with van der Waals surface area (Å²) in [7, 11) is 0. The van der Waals surface area contributed by atoms with Gasteiger partial charge >= 0.3 is 0 Å². The average Bonchev–Trinajstić information content (AvgIpc) is 2.50. The first-order valence-corrected chi connectivity index (χ1v) is 4.69. The van der Waals surface area contributed by atoms with E-state index in [1.54, 1.807) is 6.07 Å².